The Labute approximate surface area is 103 Å². The van der Waals surface area contributed by atoms with E-state index < -0.39 is 0 Å². The Kier molecular flexibility index (Phi) is 2.52. The monoisotopic (exact) mass is 280 g/mol. The van der Waals surface area contributed by atoms with Gasteiger partial charge in [0.2, 0.25) is 0 Å². The van der Waals surface area contributed by atoms with Crippen LogP contribution in [0.25, 0.3) is 6.08 Å². The van der Waals surface area contributed by atoms with Crippen molar-refractivity contribution in [2.24, 2.45) is 0 Å². The summed E-state index contributed by atoms with van der Waals surface area (Å²) in [6.45, 7) is 1.52. The molecule has 1 aromatic carbocycles. The Hall–Kier alpha value is -0.800. The molecular formula is C13H13BrO2. The minimum atomic E-state index is -0.223. The molecule has 0 aromatic heterocycles. The second-order valence-corrected chi connectivity index (χ2v) is 5.25. The Morgan fingerprint density at radius 2 is 2.25 bits per heavy atom. The van der Waals surface area contributed by atoms with Crippen molar-refractivity contribution in [1.82, 2.24) is 0 Å². The molecule has 2 aliphatic rings. The Bertz CT molecular complexity index is 434. The fraction of sp³-hybridized carbons (Fsp3) is 0.385. The van der Waals surface area contributed by atoms with Gasteiger partial charge in [-0.25, -0.2) is 0 Å². The molecule has 1 spiro atoms. The Morgan fingerprint density at radius 1 is 1.31 bits per heavy atom. The molecule has 0 radical (unpaired) electrons. The average molecular weight is 281 g/mol. The molecule has 2 heterocycles. The number of halogens is 1. The molecule has 2 nitrogen and oxygen atoms in total. The maximum absolute atomic E-state index is 6.08. The normalized spacial score (nSPS) is 27.6. The van der Waals surface area contributed by atoms with Gasteiger partial charge in [-0.2, -0.15) is 0 Å². The second kappa shape index (κ2) is 3.90. The van der Waals surface area contributed by atoms with Gasteiger partial charge in [0, 0.05) is 16.6 Å². The van der Waals surface area contributed by atoms with Gasteiger partial charge >= 0.3 is 0 Å². The third kappa shape index (κ3) is 1.78. The predicted molar refractivity (Wildman–Crippen MR) is 66.6 cm³/mol. The van der Waals surface area contributed by atoms with Gasteiger partial charge < -0.3 is 9.47 Å². The van der Waals surface area contributed by atoms with Crippen LogP contribution in [-0.4, -0.2) is 18.8 Å². The zero-order chi connectivity index (χ0) is 11.0. The molecule has 3 rings (SSSR count). The molecule has 1 aromatic rings. The van der Waals surface area contributed by atoms with Crippen LogP contribution in [0.15, 0.2) is 28.7 Å². The molecule has 16 heavy (non-hydrogen) atoms. The first kappa shape index (κ1) is 10.4. The van der Waals surface area contributed by atoms with Crippen LogP contribution in [0.3, 0.4) is 0 Å². The number of ether oxygens (including phenoxy) is 2. The maximum atomic E-state index is 6.08. The van der Waals surface area contributed by atoms with E-state index in [1.807, 2.05) is 12.1 Å². The first-order valence-electron chi connectivity index (χ1n) is 5.53. The summed E-state index contributed by atoms with van der Waals surface area (Å²) in [5.74, 6) is 0.955. The van der Waals surface area contributed by atoms with Crippen LogP contribution < -0.4 is 4.74 Å². The second-order valence-electron chi connectivity index (χ2n) is 4.34. The van der Waals surface area contributed by atoms with Gasteiger partial charge in [-0.1, -0.05) is 22.0 Å². The molecule has 1 atom stereocenters. The number of hydrogen-bond acceptors (Lipinski definition) is 2. The van der Waals surface area contributed by atoms with Gasteiger partial charge in [-0.05, 0) is 37.1 Å². The summed E-state index contributed by atoms with van der Waals surface area (Å²) in [4.78, 5) is 0. The molecule has 2 aliphatic heterocycles. The summed E-state index contributed by atoms with van der Waals surface area (Å²) in [7, 11) is 0. The van der Waals surface area contributed by atoms with Crippen molar-refractivity contribution >= 4 is 22.0 Å². The minimum absolute atomic E-state index is 0.223. The van der Waals surface area contributed by atoms with E-state index in [-0.39, 0.29) is 5.60 Å². The van der Waals surface area contributed by atoms with Crippen molar-refractivity contribution in [3.05, 3.63) is 34.3 Å². The van der Waals surface area contributed by atoms with E-state index >= 15 is 0 Å². The molecule has 0 N–H and O–H groups in total. The van der Waals surface area contributed by atoms with Gasteiger partial charge in [-0.15, -0.1) is 0 Å². The number of fused-ring (bicyclic) bond motifs is 1. The van der Waals surface area contributed by atoms with Gasteiger partial charge in [0.05, 0.1) is 6.61 Å². The molecule has 0 saturated carbocycles. The highest BCUT2D eigenvalue weighted by Gasteiger charge is 2.35. The zero-order valence-electron chi connectivity index (χ0n) is 8.91. The summed E-state index contributed by atoms with van der Waals surface area (Å²) in [5, 5.41) is 0. The van der Waals surface area contributed by atoms with Crippen molar-refractivity contribution in [2.45, 2.75) is 18.4 Å². The van der Waals surface area contributed by atoms with Crippen LogP contribution in [-0.2, 0) is 4.74 Å². The van der Waals surface area contributed by atoms with Gasteiger partial charge in [-0.3, -0.25) is 0 Å². The highest BCUT2D eigenvalue weighted by Crippen LogP contribution is 2.36. The maximum Gasteiger partial charge on any atom is 0.151 e. The van der Waals surface area contributed by atoms with Gasteiger partial charge in [0.1, 0.15) is 5.75 Å². The van der Waals surface area contributed by atoms with Crippen molar-refractivity contribution in [3.8, 4) is 5.75 Å². The summed E-state index contributed by atoms with van der Waals surface area (Å²) in [5.41, 5.74) is 0.907. The van der Waals surface area contributed by atoms with Gasteiger partial charge in [0.25, 0.3) is 0 Å². The summed E-state index contributed by atoms with van der Waals surface area (Å²) in [6.07, 6.45) is 6.38. The van der Waals surface area contributed by atoms with E-state index in [0.717, 1.165) is 35.2 Å². The van der Waals surface area contributed by atoms with E-state index in [2.05, 4.69) is 34.1 Å². The predicted octanol–water partition coefficient (Wildman–Crippen LogP) is 3.40. The standard InChI is InChI=1S/C13H13BrO2/c14-11-2-3-12-10(8-11)4-6-13(16-12)5-1-7-15-9-13/h2-4,6,8H,1,5,7,9H2. The Balaban J connectivity index is 1.94. The molecule has 1 saturated heterocycles. The molecule has 84 valence electrons. The van der Waals surface area contributed by atoms with Crippen molar-refractivity contribution in [3.63, 3.8) is 0 Å². The number of hydrogen-bond donors (Lipinski definition) is 0. The lowest BCUT2D eigenvalue weighted by Crippen LogP contribution is -2.43. The first-order valence-corrected chi connectivity index (χ1v) is 6.32. The van der Waals surface area contributed by atoms with Crippen molar-refractivity contribution in [2.75, 3.05) is 13.2 Å². The van der Waals surface area contributed by atoms with Crippen LogP contribution >= 0.6 is 15.9 Å². The lowest BCUT2D eigenvalue weighted by atomic mass is 9.92. The molecular weight excluding hydrogens is 268 g/mol. The van der Waals surface area contributed by atoms with Crippen LogP contribution in [0.4, 0.5) is 0 Å². The average Bonchev–Trinajstić information content (AvgIpc) is 2.31. The molecule has 0 amide bonds. The highest BCUT2D eigenvalue weighted by molar-refractivity contribution is 9.10. The Morgan fingerprint density at radius 3 is 3.06 bits per heavy atom. The quantitative estimate of drug-likeness (QED) is 0.725. The summed E-state index contributed by atoms with van der Waals surface area (Å²) < 4.78 is 12.7. The summed E-state index contributed by atoms with van der Waals surface area (Å²) >= 11 is 3.46. The zero-order valence-corrected chi connectivity index (χ0v) is 10.5. The lowest BCUT2D eigenvalue weighted by Gasteiger charge is -2.37. The van der Waals surface area contributed by atoms with Crippen LogP contribution in [0.2, 0.25) is 0 Å². The van der Waals surface area contributed by atoms with E-state index in [4.69, 9.17) is 9.47 Å². The largest absolute Gasteiger partial charge is 0.480 e. The van der Waals surface area contributed by atoms with Gasteiger partial charge in [0.15, 0.2) is 5.60 Å². The molecule has 0 aliphatic carbocycles. The van der Waals surface area contributed by atoms with Crippen molar-refractivity contribution < 1.29 is 9.47 Å². The fourth-order valence-electron chi connectivity index (χ4n) is 2.24. The third-order valence-corrected chi connectivity index (χ3v) is 3.58. The lowest BCUT2D eigenvalue weighted by molar-refractivity contribution is -0.0394. The third-order valence-electron chi connectivity index (χ3n) is 3.09. The van der Waals surface area contributed by atoms with Crippen LogP contribution in [0, 0.1) is 0 Å². The van der Waals surface area contributed by atoms with Crippen LogP contribution in [0.1, 0.15) is 18.4 Å². The fourth-order valence-corrected chi connectivity index (χ4v) is 2.62. The molecule has 3 heteroatoms. The molecule has 1 unspecified atom stereocenters. The number of rotatable bonds is 0. The van der Waals surface area contributed by atoms with E-state index in [1.165, 1.54) is 0 Å². The van der Waals surface area contributed by atoms with Crippen LogP contribution in [0.5, 0.6) is 5.75 Å². The first-order chi connectivity index (χ1) is 7.77. The van der Waals surface area contributed by atoms with E-state index in [1.54, 1.807) is 0 Å². The van der Waals surface area contributed by atoms with Crippen molar-refractivity contribution in [1.29, 1.82) is 0 Å². The van der Waals surface area contributed by atoms with E-state index in [0.29, 0.717) is 6.61 Å². The minimum Gasteiger partial charge on any atom is -0.480 e. The molecule has 1 fully saturated rings. The van der Waals surface area contributed by atoms with E-state index in [9.17, 15) is 0 Å². The summed E-state index contributed by atoms with van der Waals surface area (Å²) in [6, 6.07) is 6.09. The smallest absolute Gasteiger partial charge is 0.151 e. The highest BCUT2D eigenvalue weighted by atomic mass is 79.9. The number of benzene rings is 1. The topological polar surface area (TPSA) is 18.5 Å². The molecule has 0 bridgehead atoms. The SMILES string of the molecule is Brc1ccc2c(c1)C=CC1(CCCOC1)O2.